The average molecular weight is 312 g/mol. The van der Waals surface area contributed by atoms with Gasteiger partial charge in [0.05, 0.1) is 12.7 Å². The Morgan fingerprint density at radius 1 is 1.38 bits per heavy atom. The van der Waals surface area contributed by atoms with Gasteiger partial charge < -0.3 is 5.32 Å². The molecule has 2 aromatic rings. The zero-order chi connectivity index (χ0) is 15.5. The first-order valence-electron chi connectivity index (χ1n) is 6.65. The zero-order valence-corrected chi connectivity index (χ0v) is 13.1. The van der Waals surface area contributed by atoms with Crippen LogP contribution in [-0.4, -0.2) is 40.6 Å². The van der Waals surface area contributed by atoms with Crippen molar-refractivity contribution in [3.8, 4) is 0 Å². The molecule has 2 rings (SSSR count). The quantitative estimate of drug-likeness (QED) is 0.772. The molecule has 0 aliphatic rings. The summed E-state index contributed by atoms with van der Waals surface area (Å²) in [7, 11) is -1.93. The predicted molar refractivity (Wildman–Crippen MR) is 79.4 cm³/mol. The molecule has 0 amide bonds. The molecule has 0 fully saturated rings. The third-order valence-corrected chi connectivity index (χ3v) is 4.08. The maximum atomic E-state index is 12.2. The summed E-state index contributed by atoms with van der Waals surface area (Å²) < 4.78 is 29.9. The number of nitrogens with zero attached hydrogens (tertiary/aromatic N) is 4. The summed E-state index contributed by atoms with van der Waals surface area (Å²) in [6, 6.07) is 1.98. The van der Waals surface area contributed by atoms with Crippen LogP contribution in [0.25, 0.3) is 0 Å². The average Bonchev–Trinajstić information content (AvgIpc) is 2.98. The fraction of sp³-hybridized carbons (Fsp3) is 0.500. The van der Waals surface area contributed by atoms with E-state index in [1.54, 1.807) is 24.0 Å². The number of hydrogen-bond donors (Lipinski definition) is 2. The lowest BCUT2D eigenvalue weighted by atomic mass is 10.4. The van der Waals surface area contributed by atoms with E-state index in [9.17, 15) is 8.42 Å². The Morgan fingerprint density at radius 3 is 2.76 bits per heavy atom. The molecule has 2 aromatic heterocycles. The summed E-state index contributed by atoms with van der Waals surface area (Å²) in [5, 5.41) is 11.3. The highest BCUT2D eigenvalue weighted by Gasteiger charge is 2.17. The van der Waals surface area contributed by atoms with Crippen molar-refractivity contribution in [1.82, 2.24) is 24.9 Å². The molecule has 116 valence electrons. The molecule has 0 atom stereocenters. The Balaban J connectivity index is 2.02. The molecule has 0 spiro atoms. The van der Waals surface area contributed by atoms with Crippen LogP contribution in [0.2, 0.25) is 0 Å². The van der Waals surface area contributed by atoms with Crippen molar-refractivity contribution in [2.75, 3.05) is 11.3 Å². The summed E-state index contributed by atoms with van der Waals surface area (Å²) in [4.78, 5) is 0.123. The number of rotatable bonds is 7. The molecule has 0 radical (unpaired) electrons. The van der Waals surface area contributed by atoms with Gasteiger partial charge in [-0.15, -0.1) is 0 Å². The van der Waals surface area contributed by atoms with Gasteiger partial charge in [0.25, 0.3) is 10.0 Å². The van der Waals surface area contributed by atoms with Gasteiger partial charge in [0.2, 0.25) is 0 Å². The lowest BCUT2D eigenvalue weighted by molar-refractivity contribution is 0.515. The van der Waals surface area contributed by atoms with E-state index in [0.29, 0.717) is 12.6 Å². The molecule has 0 saturated carbocycles. The van der Waals surface area contributed by atoms with E-state index >= 15 is 0 Å². The van der Waals surface area contributed by atoms with Gasteiger partial charge in [-0.1, -0.05) is 13.8 Å². The Morgan fingerprint density at radius 2 is 2.14 bits per heavy atom. The SMILES string of the molecule is CC(C)NCCn1cc(S(=O)(=O)Nc2ccn(C)n2)cn1. The van der Waals surface area contributed by atoms with E-state index in [-0.39, 0.29) is 10.7 Å². The smallest absolute Gasteiger partial charge is 0.266 e. The molecule has 0 bridgehead atoms. The Labute approximate surface area is 124 Å². The molecule has 21 heavy (non-hydrogen) atoms. The summed E-state index contributed by atoms with van der Waals surface area (Å²) in [5.41, 5.74) is 0. The van der Waals surface area contributed by atoms with Crippen molar-refractivity contribution < 1.29 is 8.42 Å². The Bertz CT molecular complexity index is 688. The number of aryl methyl sites for hydroxylation is 1. The lowest BCUT2D eigenvalue weighted by Gasteiger charge is -2.07. The van der Waals surface area contributed by atoms with Crippen molar-refractivity contribution in [3.63, 3.8) is 0 Å². The summed E-state index contributed by atoms with van der Waals surface area (Å²) in [5.74, 6) is 0.284. The second kappa shape index (κ2) is 6.27. The molecule has 2 N–H and O–H groups in total. The van der Waals surface area contributed by atoms with E-state index in [4.69, 9.17) is 0 Å². The van der Waals surface area contributed by atoms with Gasteiger partial charge in [0.15, 0.2) is 5.82 Å². The van der Waals surface area contributed by atoms with E-state index in [1.807, 2.05) is 0 Å². The van der Waals surface area contributed by atoms with Crippen molar-refractivity contribution in [2.24, 2.45) is 7.05 Å². The van der Waals surface area contributed by atoms with Crippen LogP contribution in [0.1, 0.15) is 13.8 Å². The summed E-state index contributed by atoms with van der Waals surface area (Å²) in [6.07, 6.45) is 4.51. The minimum absolute atomic E-state index is 0.123. The van der Waals surface area contributed by atoms with Crippen LogP contribution in [0.5, 0.6) is 0 Å². The highest BCUT2D eigenvalue weighted by atomic mass is 32.2. The molecule has 0 aliphatic heterocycles. The highest BCUT2D eigenvalue weighted by molar-refractivity contribution is 7.92. The van der Waals surface area contributed by atoms with Crippen LogP contribution in [-0.2, 0) is 23.6 Å². The van der Waals surface area contributed by atoms with Crippen LogP contribution in [0.4, 0.5) is 5.82 Å². The Kier molecular flexibility index (Phi) is 4.63. The molecule has 0 aliphatic carbocycles. The van der Waals surface area contributed by atoms with Crippen LogP contribution >= 0.6 is 0 Å². The van der Waals surface area contributed by atoms with E-state index in [2.05, 4.69) is 34.1 Å². The molecular weight excluding hydrogens is 292 g/mol. The largest absolute Gasteiger partial charge is 0.313 e. The fourth-order valence-corrected chi connectivity index (χ4v) is 2.69. The number of nitrogens with one attached hydrogen (secondary N) is 2. The zero-order valence-electron chi connectivity index (χ0n) is 12.3. The minimum atomic E-state index is -3.65. The first kappa shape index (κ1) is 15.5. The van der Waals surface area contributed by atoms with Crippen LogP contribution in [0, 0.1) is 0 Å². The molecule has 8 nitrogen and oxygen atoms in total. The maximum absolute atomic E-state index is 12.2. The molecule has 0 unspecified atom stereocenters. The molecule has 9 heteroatoms. The van der Waals surface area contributed by atoms with E-state index in [0.717, 1.165) is 6.54 Å². The van der Waals surface area contributed by atoms with E-state index in [1.165, 1.54) is 17.1 Å². The molecule has 0 aromatic carbocycles. The standard InChI is InChI=1S/C12H20N6O2S/c1-10(2)13-5-7-18-9-11(8-14-18)21(19,20)16-12-4-6-17(3)15-12/h4,6,8-10,13H,5,7H2,1-3H3,(H,15,16). The number of aromatic nitrogens is 4. The third kappa shape index (κ3) is 4.30. The second-order valence-corrected chi connectivity index (χ2v) is 6.71. The van der Waals surface area contributed by atoms with Gasteiger partial charge in [0.1, 0.15) is 4.90 Å². The normalized spacial score (nSPS) is 12.0. The van der Waals surface area contributed by atoms with Crippen molar-refractivity contribution in [2.45, 2.75) is 31.3 Å². The van der Waals surface area contributed by atoms with Gasteiger partial charge in [-0.2, -0.15) is 10.2 Å². The highest BCUT2D eigenvalue weighted by Crippen LogP contribution is 2.13. The fourth-order valence-electron chi connectivity index (χ4n) is 1.74. The number of anilines is 1. The molecular formula is C12H20N6O2S. The van der Waals surface area contributed by atoms with E-state index < -0.39 is 10.0 Å². The molecule has 2 heterocycles. The monoisotopic (exact) mass is 312 g/mol. The lowest BCUT2D eigenvalue weighted by Crippen LogP contribution is -2.26. The second-order valence-electron chi connectivity index (χ2n) is 5.03. The van der Waals surface area contributed by atoms with Gasteiger partial charge in [-0.05, 0) is 0 Å². The van der Waals surface area contributed by atoms with Crippen molar-refractivity contribution >= 4 is 15.8 Å². The van der Waals surface area contributed by atoms with Gasteiger partial charge in [-0.25, -0.2) is 8.42 Å². The summed E-state index contributed by atoms with van der Waals surface area (Å²) in [6.45, 7) is 5.44. The van der Waals surface area contributed by atoms with Gasteiger partial charge in [0, 0.05) is 38.1 Å². The van der Waals surface area contributed by atoms with Crippen LogP contribution in [0.3, 0.4) is 0 Å². The summed E-state index contributed by atoms with van der Waals surface area (Å²) >= 11 is 0. The Hall–Kier alpha value is -1.87. The minimum Gasteiger partial charge on any atom is -0.313 e. The van der Waals surface area contributed by atoms with Crippen molar-refractivity contribution in [3.05, 3.63) is 24.7 Å². The molecule has 0 saturated heterocycles. The topological polar surface area (TPSA) is 93.8 Å². The first-order chi connectivity index (χ1) is 9.87. The van der Waals surface area contributed by atoms with Gasteiger partial charge in [-0.3, -0.25) is 14.1 Å². The first-order valence-corrected chi connectivity index (χ1v) is 8.13. The van der Waals surface area contributed by atoms with Crippen LogP contribution in [0.15, 0.2) is 29.6 Å². The third-order valence-electron chi connectivity index (χ3n) is 2.77. The van der Waals surface area contributed by atoms with Crippen molar-refractivity contribution in [1.29, 1.82) is 0 Å². The maximum Gasteiger partial charge on any atom is 0.266 e. The number of hydrogen-bond acceptors (Lipinski definition) is 5. The number of sulfonamides is 1. The van der Waals surface area contributed by atoms with Crippen LogP contribution < -0.4 is 10.0 Å². The predicted octanol–water partition coefficient (Wildman–Crippen LogP) is 0.415. The van der Waals surface area contributed by atoms with Gasteiger partial charge >= 0.3 is 0 Å².